The molecule has 3 N–H and O–H groups in total. The smallest absolute Gasteiger partial charge is 0.320 e. The third-order valence-corrected chi connectivity index (χ3v) is 4.48. The number of fused-ring (bicyclic) bond motifs is 2. The minimum Gasteiger partial charge on any atom is -0.492 e. The number of H-pyrrole nitrogens is 1. The first kappa shape index (κ1) is 15.8. The number of ether oxygens (including phenoxy) is 1. The van der Waals surface area contributed by atoms with Crippen LogP contribution < -0.4 is 15.4 Å². The van der Waals surface area contributed by atoms with Crippen molar-refractivity contribution in [2.24, 2.45) is 0 Å². The van der Waals surface area contributed by atoms with Gasteiger partial charge in [0.15, 0.2) is 0 Å². The number of pyridine rings is 1. The van der Waals surface area contributed by atoms with E-state index in [2.05, 4.69) is 20.6 Å². The quantitative estimate of drug-likeness (QED) is 0.644. The lowest BCUT2D eigenvalue weighted by atomic mass is 10.0. The van der Waals surface area contributed by atoms with Crippen LogP contribution in [0, 0.1) is 6.92 Å². The highest BCUT2D eigenvalue weighted by Crippen LogP contribution is 2.37. The van der Waals surface area contributed by atoms with E-state index < -0.39 is 0 Å². The Morgan fingerprint density at radius 2 is 2.24 bits per heavy atom. The molecule has 4 rings (SSSR count). The van der Waals surface area contributed by atoms with Gasteiger partial charge in [-0.05, 0) is 31.2 Å². The van der Waals surface area contributed by atoms with Crippen LogP contribution in [-0.4, -0.2) is 22.6 Å². The van der Waals surface area contributed by atoms with Crippen LogP contribution in [0.3, 0.4) is 0 Å². The molecule has 1 aliphatic heterocycles. The third-order valence-electron chi connectivity index (χ3n) is 4.18. The Morgan fingerprint density at radius 1 is 1.36 bits per heavy atom. The number of carbonyl (C=O) groups excluding carboxylic acids is 1. The fraction of sp³-hybridized carbons (Fsp3) is 0.222. The molecule has 3 aromatic rings. The summed E-state index contributed by atoms with van der Waals surface area (Å²) in [7, 11) is 0. The molecule has 2 amide bonds. The number of benzene rings is 1. The van der Waals surface area contributed by atoms with E-state index in [9.17, 15) is 4.79 Å². The van der Waals surface area contributed by atoms with Gasteiger partial charge >= 0.3 is 6.03 Å². The number of hydrogen-bond acceptors (Lipinski definition) is 3. The van der Waals surface area contributed by atoms with Crippen molar-refractivity contribution in [2.45, 2.75) is 19.4 Å². The van der Waals surface area contributed by atoms with E-state index in [1.165, 1.54) is 0 Å². The molecule has 3 heterocycles. The Bertz CT molecular complexity index is 953. The first-order chi connectivity index (χ1) is 12.1. The molecule has 0 fully saturated rings. The second-order valence-electron chi connectivity index (χ2n) is 6.03. The summed E-state index contributed by atoms with van der Waals surface area (Å²) < 4.78 is 5.62. The van der Waals surface area contributed by atoms with E-state index in [0.29, 0.717) is 29.6 Å². The van der Waals surface area contributed by atoms with Crippen molar-refractivity contribution in [3.63, 3.8) is 0 Å². The van der Waals surface area contributed by atoms with Gasteiger partial charge in [0.25, 0.3) is 0 Å². The van der Waals surface area contributed by atoms with Crippen LogP contribution >= 0.6 is 11.6 Å². The largest absolute Gasteiger partial charge is 0.492 e. The van der Waals surface area contributed by atoms with Gasteiger partial charge in [-0.25, -0.2) is 9.78 Å². The van der Waals surface area contributed by atoms with Gasteiger partial charge in [-0.15, -0.1) is 0 Å². The van der Waals surface area contributed by atoms with Crippen LogP contribution in [0.5, 0.6) is 5.75 Å². The van der Waals surface area contributed by atoms with Gasteiger partial charge < -0.3 is 15.0 Å². The van der Waals surface area contributed by atoms with Crippen LogP contribution in [0.15, 0.2) is 36.4 Å². The van der Waals surface area contributed by atoms with E-state index in [4.69, 9.17) is 16.3 Å². The number of halogens is 1. The van der Waals surface area contributed by atoms with Crippen LogP contribution in [0.25, 0.3) is 11.0 Å². The van der Waals surface area contributed by atoms with Crippen LogP contribution in [0.4, 0.5) is 10.6 Å². The predicted molar refractivity (Wildman–Crippen MR) is 97.3 cm³/mol. The van der Waals surface area contributed by atoms with E-state index in [0.717, 1.165) is 22.3 Å². The molecule has 0 aliphatic carbocycles. The Morgan fingerprint density at radius 3 is 3.12 bits per heavy atom. The molecule has 25 heavy (non-hydrogen) atoms. The molecule has 1 aliphatic rings. The zero-order valence-electron chi connectivity index (χ0n) is 13.6. The number of hydrogen-bond donors (Lipinski definition) is 3. The number of nitrogens with one attached hydrogen (secondary N) is 3. The van der Waals surface area contributed by atoms with Crippen molar-refractivity contribution in [1.82, 2.24) is 15.3 Å². The van der Waals surface area contributed by atoms with Crippen molar-refractivity contribution < 1.29 is 9.53 Å². The lowest BCUT2D eigenvalue weighted by Gasteiger charge is -2.27. The standard InChI is InChI=1S/C18H17ClN4O2/c1-10-9-15-14(20-10)5-6-16(21-15)23-18(24)22-13-7-8-25-17-11(13)3-2-4-12(17)19/h2-6,9,13,20H,7-8H2,1H3,(H2,21,22,23,24)/t13-/m0/s1. The number of para-hydroxylation sites is 1. The maximum absolute atomic E-state index is 12.4. The van der Waals surface area contributed by atoms with E-state index in [1.807, 2.05) is 31.2 Å². The number of aryl methyl sites for hydroxylation is 1. The molecule has 2 aromatic heterocycles. The maximum Gasteiger partial charge on any atom is 0.320 e. The number of carbonyl (C=O) groups is 1. The second kappa shape index (κ2) is 6.29. The average molecular weight is 357 g/mol. The van der Waals surface area contributed by atoms with Gasteiger partial charge in [-0.1, -0.05) is 23.7 Å². The monoisotopic (exact) mass is 356 g/mol. The number of anilines is 1. The number of rotatable bonds is 2. The highest BCUT2D eigenvalue weighted by Gasteiger charge is 2.24. The van der Waals surface area contributed by atoms with Crippen molar-refractivity contribution in [2.75, 3.05) is 11.9 Å². The Labute approximate surface area is 149 Å². The summed E-state index contributed by atoms with van der Waals surface area (Å²) in [6, 6.07) is 10.7. The molecule has 7 heteroatoms. The van der Waals surface area contributed by atoms with Crippen molar-refractivity contribution >= 4 is 34.5 Å². The normalized spacial score (nSPS) is 16.2. The molecule has 6 nitrogen and oxygen atoms in total. The van der Waals surface area contributed by atoms with Crippen molar-refractivity contribution in [1.29, 1.82) is 0 Å². The van der Waals surface area contributed by atoms with Gasteiger partial charge in [0.05, 0.1) is 28.7 Å². The topological polar surface area (TPSA) is 79.0 Å². The molecule has 0 bridgehead atoms. The maximum atomic E-state index is 12.4. The van der Waals surface area contributed by atoms with Crippen LogP contribution in [0.1, 0.15) is 23.7 Å². The first-order valence-electron chi connectivity index (χ1n) is 8.05. The number of urea groups is 1. The average Bonchev–Trinajstić information content (AvgIpc) is 2.95. The molecule has 0 saturated carbocycles. The molecular weight excluding hydrogens is 340 g/mol. The molecule has 1 aromatic carbocycles. The summed E-state index contributed by atoms with van der Waals surface area (Å²) in [5.74, 6) is 1.14. The molecule has 128 valence electrons. The fourth-order valence-electron chi connectivity index (χ4n) is 3.06. The van der Waals surface area contributed by atoms with E-state index in [1.54, 1.807) is 12.1 Å². The molecule has 0 spiro atoms. The zero-order chi connectivity index (χ0) is 17.4. The lowest BCUT2D eigenvalue weighted by molar-refractivity contribution is 0.232. The van der Waals surface area contributed by atoms with Gasteiger partial charge in [0.2, 0.25) is 0 Å². The molecule has 0 saturated heterocycles. The van der Waals surface area contributed by atoms with Gasteiger partial charge in [0.1, 0.15) is 11.6 Å². The Balaban J connectivity index is 1.50. The van der Waals surface area contributed by atoms with Gasteiger partial charge in [-0.3, -0.25) is 5.32 Å². The van der Waals surface area contributed by atoms with Gasteiger partial charge in [-0.2, -0.15) is 0 Å². The molecule has 1 atom stereocenters. The number of nitrogens with zero attached hydrogens (tertiary/aromatic N) is 1. The number of amides is 2. The highest BCUT2D eigenvalue weighted by molar-refractivity contribution is 6.32. The molecule has 0 radical (unpaired) electrons. The SMILES string of the molecule is Cc1cc2nc(NC(=O)N[C@H]3CCOc4c(Cl)cccc43)ccc2[nH]1. The summed E-state index contributed by atoms with van der Waals surface area (Å²) in [6.45, 7) is 2.48. The lowest BCUT2D eigenvalue weighted by Crippen LogP contribution is -2.35. The van der Waals surface area contributed by atoms with Crippen molar-refractivity contribution in [3.8, 4) is 5.75 Å². The third kappa shape index (κ3) is 3.13. The van der Waals surface area contributed by atoms with Crippen LogP contribution in [-0.2, 0) is 0 Å². The molecule has 0 unspecified atom stereocenters. The Hall–Kier alpha value is -2.73. The first-order valence-corrected chi connectivity index (χ1v) is 8.43. The summed E-state index contributed by atoms with van der Waals surface area (Å²) in [4.78, 5) is 20.0. The van der Waals surface area contributed by atoms with E-state index >= 15 is 0 Å². The fourth-order valence-corrected chi connectivity index (χ4v) is 3.30. The number of aromatic nitrogens is 2. The zero-order valence-corrected chi connectivity index (χ0v) is 14.4. The van der Waals surface area contributed by atoms with Gasteiger partial charge in [0, 0.05) is 17.7 Å². The summed E-state index contributed by atoms with van der Waals surface area (Å²) in [5.41, 5.74) is 3.67. The summed E-state index contributed by atoms with van der Waals surface area (Å²) in [6.07, 6.45) is 0.685. The Kier molecular flexibility index (Phi) is 3.97. The van der Waals surface area contributed by atoms with E-state index in [-0.39, 0.29) is 12.1 Å². The highest BCUT2D eigenvalue weighted by atomic mass is 35.5. The van der Waals surface area contributed by atoms with Crippen molar-refractivity contribution in [3.05, 3.63) is 52.7 Å². The number of aromatic amines is 1. The minimum atomic E-state index is -0.308. The molecular formula is C18H17ClN4O2. The summed E-state index contributed by atoms with van der Waals surface area (Å²) >= 11 is 6.16. The predicted octanol–water partition coefficient (Wildman–Crippen LogP) is 4.17. The second-order valence-corrected chi connectivity index (χ2v) is 6.44. The minimum absolute atomic E-state index is 0.152. The summed E-state index contributed by atoms with van der Waals surface area (Å²) in [5, 5.41) is 6.31. The van der Waals surface area contributed by atoms with Crippen LogP contribution in [0.2, 0.25) is 5.02 Å².